The molecule has 114 valence electrons. The lowest BCUT2D eigenvalue weighted by Gasteiger charge is -2.14. The number of fused-ring (bicyclic) bond motifs is 1. The van der Waals surface area contributed by atoms with Gasteiger partial charge in [0.1, 0.15) is 11.4 Å². The molecule has 0 saturated heterocycles. The minimum atomic E-state index is -0.279. The van der Waals surface area contributed by atoms with E-state index in [4.69, 9.17) is 4.74 Å². The van der Waals surface area contributed by atoms with Gasteiger partial charge in [-0.05, 0) is 6.07 Å². The number of benzene rings is 1. The lowest BCUT2D eigenvalue weighted by atomic mass is 9.86. The first kappa shape index (κ1) is 14.7. The minimum absolute atomic E-state index is 0.103. The van der Waals surface area contributed by atoms with Gasteiger partial charge in [0.2, 0.25) is 0 Å². The van der Waals surface area contributed by atoms with E-state index in [2.05, 4.69) is 24.1 Å². The third kappa shape index (κ3) is 2.50. The number of ketones is 1. The summed E-state index contributed by atoms with van der Waals surface area (Å²) in [6, 6.07) is 5.57. The molecule has 0 fully saturated rings. The maximum atomic E-state index is 12.5. The van der Waals surface area contributed by atoms with Crippen LogP contribution in [0, 0.1) is 0 Å². The maximum Gasteiger partial charge on any atom is 0.261 e. The minimum Gasteiger partial charge on any atom is -0.492 e. The van der Waals surface area contributed by atoms with Crippen LogP contribution in [0.5, 0.6) is 5.75 Å². The molecule has 0 unspecified atom stereocenters. The molecule has 1 aliphatic heterocycles. The van der Waals surface area contributed by atoms with Crippen LogP contribution in [0.2, 0.25) is 0 Å². The van der Waals surface area contributed by atoms with E-state index in [9.17, 15) is 9.59 Å². The molecule has 2 aromatic rings. The molecular formula is C16H16N2O3S. The number of nitrogens with one attached hydrogen (secondary N) is 1. The molecule has 1 N–H and O–H groups in total. The highest BCUT2D eigenvalue weighted by Crippen LogP contribution is 2.40. The molecule has 0 radical (unpaired) electrons. The number of carbonyl (C=O) groups excluding carboxylic acids is 2. The number of hydrogen-bond donors (Lipinski definition) is 1. The number of thiazole rings is 1. The van der Waals surface area contributed by atoms with Gasteiger partial charge in [0.25, 0.3) is 5.91 Å². The summed E-state index contributed by atoms with van der Waals surface area (Å²) in [4.78, 5) is 27.8. The van der Waals surface area contributed by atoms with Crippen LogP contribution in [0.25, 0.3) is 0 Å². The van der Waals surface area contributed by atoms with Crippen molar-refractivity contribution in [3.63, 3.8) is 0 Å². The Bertz CT molecular complexity index is 765. The quantitative estimate of drug-likeness (QED) is 0.882. The Kier molecular flexibility index (Phi) is 3.48. The third-order valence-electron chi connectivity index (χ3n) is 3.65. The fraction of sp³-hybridized carbons (Fsp3) is 0.312. The Morgan fingerprint density at radius 2 is 2.14 bits per heavy atom. The van der Waals surface area contributed by atoms with E-state index in [1.807, 2.05) is 12.1 Å². The first-order valence-electron chi connectivity index (χ1n) is 6.92. The molecule has 1 aromatic carbocycles. The number of rotatable bonds is 3. The highest BCUT2D eigenvalue weighted by Gasteiger charge is 2.34. The summed E-state index contributed by atoms with van der Waals surface area (Å²) in [6.45, 7) is 6.17. The van der Waals surface area contributed by atoms with Gasteiger partial charge >= 0.3 is 0 Å². The molecular weight excluding hydrogens is 300 g/mol. The van der Waals surface area contributed by atoms with Crippen LogP contribution in [0.3, 0.4) is 0 Å². The Labute approximate surface area is 132 Å². The molecule has 0 saturated carbocycles. The fourth-order valence-corrected chi connectivity index (χ4v) is 3.14. The summed E-state index contributed by atoms with van der Waals surface area (Å²) in [5.41, 5.74) is 1.77. The predicted octanol–water partition coefficient (Wildman–Crippen LogP) is 3.27. The monoisotopic (exact) mass is 316 g/mol. The van der Waals surface area contributed by atoms with E-state index in [1.54, 1.807) is 11.4 Å². The summed E-state index contributed by atoms with van der Waals surface area (Å²) in [6.07, 6.45) is 0. The van der Waals surface area contributed by atoms with Crippen molar-refractivity contribution in [1.82, 2.24) is 4.98 Å². The Morgan fingerprint density at radius 1 is 1.36 bits per heavy atom. The molecule has 0 atom stereocenters. The molecule has 0 bridgehead atoms. The van der Waals surface area contributed by atoms with Gasteiger partial charge in [0.15, 0.2) is 10.9 Å². The number of para-hydroxylation sites is 1. The number of hydrogen-bond acceptors (Lipinski definition) is 5. The van der Waals surface area contributed by atoms with Crippen molar-refractivity contribution in [2.75, 3.05) is 11.9 Å². The van der Waals surface area contributed by atoms with E-state index in [0.717, 1.165) is 5.56 Å². The second-order valence-electron chi connectivity index (χ2n) is 5.90. The Balaban J connectivity index is 1.87. The van der Waals surface area contributed by atoms with Crippen LogP contribution < -0.4 is 10.1 Å². The van der Waals surface area contributed by atoms with Gasteiger partial charge in [-0.2, -0.15) is 0 Å². The second kappa shape index (κ2) is 5.21. The largest absolute Gasteiger partial charge is 0.492 e. The SMILES string of the molecule is CC(=O)c1csc(NC(=O)c2cccc3c2OCC3(C)C)n1. The highest BCUT2D eigenvalue weighted by atomic mass is 32.1. The van der Waals surface area contributed by atoms with Crippen molar-refractivity contribution < 1.29 is 14.3 Å². The van der Waals surface area contributed by atoms with Gasteiger partial charge in [-0.25, -0.2) is 4.98 Å². The molecule has 1 amide bonds. The van der Waals surface area contributed by atoms with E-state index in [0.29, 0.717) is 28.7 Å². The molecule has 6 heteroatoms. The molecule has 2 heterocycles. The second-order valence-corrected chi connectivity index (χ2v) is 6.76. The Hall–Kier alpha value is -2.21. The molecule has 0 aliphatic carbocycles. The van der Waals surface area contributed by atoms with Crippen molar-refractivity contribution in [3.05, 3.63) is 40.4 Å². The first-order valence-corrected chi connectivity index (χ1v) is 7.80. The normalized spacial score (nSPS) is 15.0. The average Bonchev–Trinajstić information content (AvgIpc) is 3.04. The van der Waals surface area contributed by atoms with Crippen molar-refractivity contribution in [2.24, 2.45) is 0 Å². The lowest BCUT2D eigenvalue weighted by molar-refractivity contribution is 0.100. The number of nitrogens with zero attached hydrogens (tertiary/aromatic N) is 1. The zero-order valence-electron chi connectivity index (χ0n) is 12.6. The van der Waals surface area contributed by atoms with E-state index in [-0.39, 0.29) is 17.1 Å². The van der Waals surface area contributed by atoms with Gasteiger partial charge in [-0.15, -0.1) is 11.3 Å². The molecule has 3 rings (SSSR count). The number of Topliss-reactive ketones (excluding diaryl/α,β-unsaturated/α-hetero) is 1. The topological polar surface area (TPSA) is 68.3 Å². The number of carbonyl (C=O) groups is 2. The van der Waals surface area contributed by atoms with E-state index >= 15 is 0 Å². The van der Waals surface area contributed by atoms with Gasteiger partial charge in [-0.3, -0.25) is 14.9 Å². The number of ether oxygens (including phenoxy) is 1. The van der Waals surface area contributed by atoms with Gasteiger partial charge in [-0.1, -0.05) is 26.0 Å². The summed E-state index contributed by atoms with van der Waals surface area (Å²) in [5.74, 6) is 0.231. The highest BCUT2D eigenvalue weighted by molar-refractivity contribution is 7.14. The van der Waals surface area contributed by atoms with Crippen LogP contribution in [0.1, 0.15) is 47.2 Å². The van der Waals surface area contributed by atoms with Crippen LogP contribution in [0.15, 0.2) is 23.6 Å². The number of aromatic nitrogens is 1. The summed E-state index contributed by atoms with van der Waals surface area (Å²) >= 11 is 1.23. The van der Waals surface area contributed by atoms with Gasteiger partial charge < -0.3 is 4.74 Å². The molecule has 1 aromatic heterocycles. The molecule has 1 aliphatic rings. The van der Waals surface area contributed by atoms with Crippen LogP contribution in [-0.2, 0) is 5.41 Å². The van der Waals surface area contributed by atoms with Gasteiger partial charge in [0, 0.05) is 23.3 Å². The van der Waals surface area contributed by atoms with Crippen molar-refractivity contribution in [3.8, 4) is 5.75 Å². The van der Waals surface area contributed by atoms with E-state index in [1.165, 1.54) is 18.3 Å². The number of anilines is 1. The maximum absolute atomic E-state index is 12.5. The predicted molar refractivity (Wildman–Crippen MR) is 85.0 cm³/mol. The molecule has 5 nitrogen and oxygen atoms in total. The van der Waals surface area contributed by atoms with Crippen molar-refractivity contribution in [2.45, 2.75) is 26.2 Å². The summed E-state index contributed by atoms with van der Waals surface area (Å²) in [5, 5.41) is 4.77. The van der Waals surface area contributed by atoms with E-state index < -0.39 is 0 Å². The third-order valence-corrected chi connectivity index (χ3v) is 4.41. The average molecular weight is 316 g/mol. The van der Waals surface area contributed by atoms with Crippen molar-refractivity contribution >= 4 is 28.2 Å². The molecule has 22 heavy (non-hydrogen) atoms. The fourth-order valence-electron chi connectivity index (χ4n) is 2.39. The summed E-state index contributed by atoms with van der Waals surface area (Å²) in [7, 11) is 0. The lowest BCUT2D eigenvalue weighted by Crippen LogP contribution is -2.18. The molecule has 0 spiro atoms. The smallest absolute Gasteiger partial charge is 0.261 e. The van der Waals surface area contributed by atoms with Crippen LogP contribution in [0.4, 0.5) is 5.13 Å². The van der Waals surface area contributed by atoms with Crippen LogP contribution >= 0.6 is 11.3 Å². The van der Waals surface area contributed by atoms with Crippen molar-refractivity contribution in [1.29, 1.82) is 0 Å². The summed E-state index contributed by atoms with van der Waals surface area (Å²) < 4.78 is 5.72. The van der Waals surface area contributed by atoms with Crippen LogP contribution in [-0.4, -0.2) is 23.3 Å². The zero-order valence-corrected chi connectivity index (χ0v) is 13.4. The number of amides is 1. The zero-order chi connectivity index (χ0) is 15.9. The van der Waals surface area contributed by atoms with Gasteiger partial charge in [0.05, 0.1) is 12.2 Å². The standard InChI is InChI=1S/C16H16N2O3S/c1-9(19)12-7-22-15(17-12)18-14(20)10-5-4-6-11-13(10)21-8-16(11,2)3/h4-7H,8H2,1-3H3,(H,17,18,20). The first-order chi connectivity index (χ1) is 10.4. The Morgan fingerprint density at radius 3 is 2.82 bits per heavy atom.